The second kappa shape index (κ2) is 5.34. The van der Waals surface area contributed by atoms with Crippen molar-refractivity contribution in [1.82, 2.24) is 10.2 Å². The van der Waals surface area contributed by atoms with Gasteiger partial charge in [-0.25, -0.2) is 0 Å². The molecule has 0 bridgehead atoms. The fraction of sp³-hybridized carbons (Fsp3) is 1.00. The number of rotatable bonds is 1. The summed E-state index contributed by atoms with van der Waals surface area (Å²) >= 11 is 0. The molecule has 3 rings (SSSR count). The molecule has 0 radical (unpaired) electrons. The Kier molecular flexibility index (Phi) is 3.89. The van der Waals surface area contributed by atoms with E-state index in [1.165, 1.54) is 64.6 Å². The van der Waals surface area contributed by atoms with Gasteiger partial charge in [-0.15, -0.1) is 0 Å². The SMILES string of the molecule is CC1(C)CC(N2CCNCC23CCCCC3)CCO1. The van der Waals surface area contributed by atoms with E-state index in [1.807, 2.05) is 0 Å². The van der Waals surface area contributed by atoms with Gasteiger partial charge in [0.1, 0.15) is 0 Å². The molecule has 3 heteroatoms. The van der Waals surface area contributed by atoms with Crippen LogP contribution in [-0.2, 0) is 4.74 Å². The quantitative estimate of drug-likeness (QED) is 0.789. The van der Waals surface area contributed by atoms with Crippen LogP contribution in [0, 0.1) is 0 Å². The summed E-state index contributed by atoms with van der Waals surface area (Å²) in [7, 11) is 0. The molecule has 3 nitrogen and oxygen atoms in total. The number of nitrogens with zero attached hydrogens (tertiary/aromatic N) is 1. The zero-order valence-corrected chi connectivity index (χ0v) is 12.7. The van der Waals surface area contributed by atoms with Gasteiger partial charge in [-0.1, -0.05) is 19.3 Å². The third-order valence-electron chi connectivity index (χ3n) is 5.49. The van der Waals surface area contributed by atoms with Gasteiger partial charge in [0.05, 0.1) is 5.60 Å². The summed E-state index contributed by atoms with van der Waals surface area (Å²) < 4.78 is 5.92. The van der Waals surface area contributed by atoms with Gasteiger partial charge in [-0.05, 0) is 39.5 Å². The molecular weight excluding hydrogens is 236 g/mol. The summed E-state index contributed by atoms with van der Waals surface area (Å²) in [5.74, 6) is 0. The van der Waals surface area contributed by atoms with E-state index in [2.05, 4.69) is 24.1 Å². The molecule has 1 aliphatic carbocycles. The Labute approximate surface area is 118 Å². The molecule has 1 N–H and O–H groups in total. The smallest absolute Gasteiger partial charge is 0.0641 e. The van der Waals surface area contributed by atoms with Crippen LogP contribution in [0.4, 0.5) is 0 Å². The maximum atomic E-state index is 5.92. The van der Waals surface area contributed by atoms with Crippen molar-refractivity contribution in [2.24, 2.45) is 0 Å². The summed E-state index contributed by atoms with van der Waals surface area (Å²) in [6.07, 6.45) is 9.51. The Morgan fingerprint density at radius 1 is 1.16 bits per heavy atom. The summed E-state index contributed by atoms with van der Waals surface area (Å²) in [5.41, 5.74) is 0.540. The van der Waals surface area contributed by atoms with Crippen LogP contribution in [0.5, 0.6) is 0 Å². The molecule has 1 unspecified atom stereocenters. The average Bonchev–Trinajstić information content (AvgIpc) is 2.39. The highest BCUT2D eigenvalue weighted by molar-refractivity contribution is 5.01. The maximum absolute atomic E-state index is 5.92. The van der Waals surface area contributed by atoms with Crippen LogP contribution in [0.1, 0.15) is 58.8 Å². The first kappa shape index (κ1) is 13.8. The van der Waals surface area contributed by atoms with Gasteiger partial charge in [0.2, 0.25) is 0 Å². The molecule has 110 valence electrons. The van der Waals surface area contributed by atoms with Crippen LogP contribution < -0.4 is 5.32 Å². The lowest BCUT2D eigenvalue weighted by Crippen LogP contribution is -2.66. The van der Waals surface area contributed by atoms with E-state index in [0.29, 0.717) is 5.54 Å². The normalized spacial score (nSPS) is 35.4. The Hall–Kier alpha value is -0.120. The Morgan fingerprint density at radius 3 is 2.68 bits per heavy atom. The van der Waals surface area contributed by atoms with E-state index in [0.717, 1.165) is 12.6 Å². The molecule has 2 heterocycles. The minimum atomic E-state index is 0.0731. The standard InChI is InChI=1S/C16H30N2O/c1-15(2)12-14(6-11-19-15)18-10-9-17-13-16(18)7-4-3-5-8-16/h14,17H,3-13H2,1-2H3. The molecular formula is C16H30N2O. The number of piperazine rings is 1. The average molecular weight is 266 g/mol. The first-order valence-corrected chi connectivity index (χ1v) is 8.23. The van der Waals surface area contributed by atoms with E-state index in [1.54, 1.807) is 0 Å². The van der Waals surface area contributed by atoms with Gasteiger partial charge < -0.3 is 10.1 Å². The molecule has 3 fully saturated rings. The van der Waals surface area contributed by atoms with Crippen molar-refractivity contribution in [2.45, 2.75) is 76.0 Å². The maximum Gasteiger partial charge on any atom is 0.0641 e. The van der Waals surface area contributed by atoms with Crippen LogP contribution >= 0.6 is 0 Å². The molecule has 1 atom stereocenters. The van der Waals surface area contributed by atoms with Crippen molar-refractivity contribution in [3.63, 3.8) is 0 Å². The topological polar surface area (TPSA) is 24.5 Å². The molecule has 19 heavy (non-hydrogen) atoms. The first-order valence-electron chi connectivity index (χ1n) is 8.23. The van der Waals surface area contributed by atoms with Crippen LogP contribution in [0.3, 0.4) is 0 Å². The minimum Gasteiger partial charge on any atom is -0.375 e. The molecule has 1 spiro atoms. The van der Waals surface area contributed by atoms with E-state index in [9.17, 15) is 0 Å². The number of hydrogen-bond donors (Lipinski definition) is 1. The summed E-state index contributed by atoms with van der Waals surface area (Å²) in [6.45, 7) is 9.08. The van der Waals surface area contributed by atoms with Crippen molar-refractivity contribution in [3.05, 3.63) is 0 Å². The monoisotopic (exact) mass is 266 g/mol. The fourth-order valence-corrected chi connectivity index (χ4v) is 4.57. The molecule has 0 aromatic carbocycles. The summed E-state index contributed by atoms with van der Waals surface area (Å²) in [5, 5.41) is 3.66. The van der Waals surface area contributed by atoms with Gasteiger partial charge in [0, 0.05) is 37.8 Å². The van der Waals surface area contributed by atoms with Crippen LogP contribution in [0.2, 0.25) is 0 Å². The van der Waals surface area contributed by atoms with Crippen LogP contribution in [0.25, 0.3) is 0 Å². The summed E-state index contributed by atoms with van der Waals surface area (Å²) in [4.78, 5) is 2.88. The van der Waals surface area contributed by atoms with Crippen molar-refractivity contribution in [2.75, 3.05) is 26.2 Å². The molecule has 0 aromatic heterocycles. The lowest BCUT2D eigenvalue weighted by molar-refractivity contribution is -0.111. The highest BCUT2D eigenvalue weighted by Gasteiger charge is 2.44. The highest BCUT2D eigenvalue weighted by atomic mass is 16.5. The third kappa shape index (κ3) is 2.84. The van der Waals surface area contributed by atoms with Gasteiger partial charge in [0.25, 0.3) is 0 Å². The largest absolute Gasteiger partial charge is 0.375 e. The number of hydrogen-bond acceptors (Lipinski definition) is 3. The number of ether oxygens (including phenoxy) is 1. The van der Waals surface area contributed by atoms with Crippen molar-refractivity contribution < 1.29 is 4.74 Å². The van der Waals surface area contributed by atoms with Crippen molar-refractivity contribution in [1.29, 1.82) is 0 Å². The predicted molar refractivity (Wildman–Crippen MR) is 78.4 cm³/mol. The van der Waals surface area contributed by atoms with E-state index in [4.69, 9.17) is 4.74 Å². The van der Waals surface area contributed by atoms with Crippen LogP contribution in [0.15, 0.2) is 0 Å². The van der Waals surface area contributed by atoms with E-state index < -0.39 is 0 Å². The summed E-state index contributed by atoms with van der Waals surface area (Å²) in [6, 6.07) is 0.740. The highest BCUT2D eigenvalue weighted by Crippen LogP contribution is 2.39. The zero-order chi connectivity index (χ0) is 13.3. The molecule has 3 aliphatic rings. The van der Waals surface area contributed by atoms with Gasteiger partial charge in [0.15, 0.2) is 0 Å². The zero-order valence-electron chi connectivity index (χ0n) is 12.7. The Morgan fingerprint density at radius 2 is 1.95 bits per heavy atom. The second-order valence-electron chi connectivity index (χ2n) is 7.41. The molecule has 2 saturated heterocycles. The Bertz CT molecular complexity index is 302. The third-order valence-corrected chi connectivity index (χ3v) is 5.49. The lowest BCUT2D eigenvalue weighted by Gasteiger charge is -2.55. The van der Waals surface area contributed by atoms with Gasteiger partial charge in [-0.3, -0.25) is 4.90 Å². The van der Waals surface area contributed by atoms with Gasteiger partial charge >= 0.3 is 0 Å². The first-order chi connectivity index (χ1) is 9.11. The van der Waals surface area contributed by atoms with Gasteiger partial charge in [-0.2, -0.15) is 0 Å². The van der Waals surface area contributed by atoms with E-state index >= 15 is 0 Å². The molecule has 0 amide bonds. The fourth-order valence-electron chi connectivity index (χ4n) is 4.57. The van der Waals surface area contributed by atoms with Crippen LogP contribution in [-0.4, -0.2) is 48.3 Å². The Balaban J connectivity index is 1.76. The van der Waals surface area contributed by atoms with E-state index in [-0.39, 0.29) is 5.60 Å². The second-order valence-corrected chi connectivity index (χ2v) is 7.41. The lowest BCUT2D eigenvalue weighted by atomic mass is 9.77. The molecule has 1 saturated carbocycles. The van der Waals surface area contributed by atoms with Crippen molar-refractivity contribution >= 4 is 0 Å². The molecule has 2 aliphatic heterocycles. The number of nitrogens with one attached hydrogen (secondary N) is 1. The van der Waals surface area contributed by atoms with Crippen molar-refractivity contribution in [3.8, 4) is 0 Å². The molecule has 0 aromatic rings. The predicted octanol–water partition coefficient (Wildman–Crippen LogP) is 2.55. The minimum absolute atomic E-state index is 0.0731.